The Bertz CT molecular complexity index is 588. The summed E-state index contributed by atoms with van der Waals surface area (Å²) in [5, 5.41) is 13.3. The van der Waals surface area contributed by atoms with E-state index < -0.39 is 0 Å². The van der Waals surface area contributed by atoms with Crippen molar-refractivity contribution in [3.8, 4) is 5.75 Å². The van der Waals surface area contributed by atoms with Gasteiger partial charge in [-0.2, -0.15) is 0 Å². The second-order valence-corrected chi connectivity index (χ2v) is 5.39. The van der Waals surface area contributed by atoms with Crippen LogP contribution < -0.4 is 5.32 Å². The van der Waals surface area contributed by atoms with Crippen LogP contribution in [0.25, 0.3) is 0 Å². The molecule has 0 saturated carbocycles. The first kappa shape index (κ1) is 14.0. The van der Waals surface area contributed by atoms with Crippen LogP contribution in [0.15, 0.2) is 30.3 Å². The Morgan fingerprint density at radius 2 is 1.68 bits per heavy atom. The second kappa shape index (κ2) is 5.72. The average Bonchev–Trinajstić information content (AvgIpc) is 2.37. The van der Waals surface area contributed by atoms with E-state index in [-0.39, 0.29) is 15.8 Å². The van der Waals surface area contributed by atoms with Gasteiger partial charge in [-0.05, 0) is 37.1 Å². The number of benzene rings is 2. The summed E-state index contributed by atoms with van der Waals surface area (Å²) in [6, 6.07) is 9.66. The predicted octanol–water partition coefficient (Wildman–Crippen LogP) is 4.93. The van der Waals surface area contributed by atoms with Gasteiger partial charge in [-0.1, -0.05) is 47.0 Å². The number of phenols is 1. The Hall–Kier alpha value is -1.38. The fourth-order valence-corrected chi connectivity index (χ4v) is 2.34. The van der Waals surface area contributed by atoms with E-state index in [1.54, 1.807) is 12.1 Å². The minimum atomic E-state index is -0.0828. The number of aryl methyl sites for hydroxylation is 2. The van der Waals surface area contributed by atoms with E-state index in [9.17, 15) is 5.11 Å². The molecule has 100 valence electrons. The Labute approximate surface area is 123 Å². The first-order chi connectivity index (χ1) is 8.97. The normalized spacial score (nSPS) is 10.5. The third-order valence-corrected chi connectivity index (χ3v) is 3.58. The van der Waals surface area contributed by atoms with Crippen LogP contribution in [0.4, 0.5) is 5.69 Å². The third-order valence-electron chi connectivity index (χ3n) is 3.00. The summed E-state index contributed by atoms with van der Waals surface area (Å²) in [6.45, 7) is 4.83. The summed E-state index contributed by atoms with van der Waals surface area (Å²) >= 11 is 11.8. The van der Waals surface area contributed by atoms with Crippen molar-refractivity contribution >= 4 is 28.9 Å². The van der Waals surface area contributed by atoms with Crippen LogP contribution in [0.5, 0.6) is 5.75 Å². The molecule has 0 fully saturated rings. The fraction of sp³-hybridized carbons (Fsp3) is 0.200. The van der Waals surface area contributed by atoms with E-state index in [0.29, 0.717) is 6.54 Å². The van der Waals surface area contributed by atoms with Gasteiger partial charge < -0.3 is 10.4 Å². The summed E-state index contributed by atoms with van der Waals surface area (Å²) in [7, 11) is 0. The molecular formula is C15H15Cl2NO. The molecule has 0 atom stereocenters. The highest BCUT2D eigenvalue weighted by atomic mass is 35.5. The summed E-state index contributed by atoms with van der Waals surface area (Å²) in [5.41, 5.74) is 4.47. The number of rotatable bonds is 3. The molecule has 0 aliphatic heterocycles. The van der Waals surface area contributed by atoms with Crippen LogP contribution in [0.1, 0.15) is 16.7 Å². The standard InChI is InChI=1S/C15H15Cl2NO/c1-9-3-4-10(2)11(5-9)8-18-12-6-13(16)15(19)14(17)7-12/h3-7,18-19H,8H2,1-2H3. The minimum absolute atomic E-state index is 0.0828. The molecule has 0 saturated heterocycles. The quantitative estimate of drug-likeness (QED) is 0.787. The highest BCUT2D eigenvalue weighted by Crippen LogP contribution is 2.34. The molecule has 0 unspecified atom stereocenters. The lowest BCUT2D eigenvalue weighted by atomic mass is 10.1. The zero-order valence-electron chi connectivity index (χ0n) is 10.8. The van der Waals surface area contributed by atoms with Gasteiger partial charge in [-0.15, -0.1) is 0 Å². The maximum Gasteiger partial charge on any atom is 0.152 e. The van der Waals surface area contributed by atoms with Crippen molar-refractivity contribution in [3.63, 3.8) is 0 Å². The molecule has 0 aliphatic carbocycles. The van der Waals surface area contributed by atoms with E-state index in [0.717, 1.165) is 5.69 Å². The molecular weight excluding hydrogens is 281 g/mol. The summed E-state index contributed by atoms with van der Waals surface area (Å²) < 4.78 is 0. The Morgan fingerprint density at radius 3 is 2.32 bits per heavy atom. The topological polar surface area (TPSA) is 32.3 Å². The van der Waals surface area contributed by atoms with Gasteiger partial charge in [0.15, 0.2) is 5.75 Å². The lowest BCUT2D eigenvalue weighted by Gasteiger charge is -2.11. The van der Waals surface area contributed by atoms with Gasteiger partial charge in [0.25, 0.3) is 0 Å². The molecule has 2 nitrogen and oxygen atoms in total. The molecule has 0 spiro atoms. The molecule has 19 heavy (non-hydrogen) atoms. The van der Waals surface area contributed by atoms with E-state index in [4.69, 9.17) is 23.2 Å². The van der Waals surface area contributed by atoms with Gasteiger partial charge in [0.2, 0.25) is 0 Å². The molecule has 4 heteroatoms. The molecule has 2 aromatic carbocycles. The van der Waals surface area contributed by atoms with Crippen molar-refractivity contribution in [2.24, 2.45) is 0 Å². The zero-order valence-corrected chi connectivity index (χ0v) is 12.3. The molecule has 0 radical (unpaired) electrons. The fourth-order valence-electron chi connectivity index (χ4n) is 1.86. The monoisotopic (exact) mass is 295 g/mol. The molecule has 0 bridgehead atoms. The van der Waals surface area contributed by atoms with Crippen LogP contribution in [0.3, 0.4) is 0 Å². The smallest absolute Gasteiger partial charge is 0.152 e. The van der Waals surface area contributed by atoms with Gasteiger partial charge >= 0.3 is 0 Å². The van der Waals surface area contributed by atoms with Crippen LogP contribution in [-0.4, -0.2) is 5.11 Å². The molecule has 0 aromatic heterocycles. The number of nitrogens with one attached hydrogen (secondary N) is 1. The number of aromatic hydroxyl groups is 1. The van der Waals surface area contributed by atoms with Crippen LogP contribution in [-0.2, 0) is 6.54 Å². The number of anilines is 1. The first-order valence-corrected chi connectivity index (χ1v) is 6.71. The molecule has 0 heterocycles. The summed E-state index contributed by atoms with van der Waals surface area (Å²) in [5.74, 6) is -0.0828. The van der Waals surface area contributed by atoms with Crippen molar-refractivity contribution in [2.75, 3.05) is 5.32 Å². The van der Waals surface area contributed by atoms with Crippen molar-refractivity contribution in [1.29, 1.82) is 0 Å². The number of phenolic OH excluding ortho intramolecular Hbond substituents is 1. The van der Waals surface area contributed by atoms with E-state index in [2.05, 4.69) is 37.4 Å². The third kappa shape index (κ3) is 3.34. The van der Waals surface area contributed by atoms with Crippen LogP contribution in [0.2, 0.25) is 10.0 Å². The predicted molar refractivity (Wildman–Crippen MR) is 81.4 cm³/mol. The van der Waals surface area contributed by atoms with Crippen LogP contribution in [0, 0.1) is 13.8 Å². The maximum atomic E-state index is 9.50. The Balaban J connectivity index is 2.17. The number of hydrogen-bond acceptors (Lipinski definition) is 2. The summed E-state index contributed by atoms with van der Waals surface area (Å²) in [6.07, 6.45) is 0. The van der Waals surface area contributed by atoms with E-state index in [1.807, 2.05) is 0 Å². The highest BCUT2D eigenvalue weighted by molar-refractivity contribution is 6.37. The van der Waals surface area contributed by atoms with Crippen LogP contribution >= 0.6 is 23.2 Å². The molecule has 2 N–H and O–H groups in total. The largest absolute Gasteiger partial charge is 0.505 e. The van der Waals surface area contributed by atoms with Crippen molar-refractivity contribution < 1.29 is 5.11 Å². The molecule has 0 aliphatic rings. The van der Waals surface area contributed by atoms with E-state index >= 15 is 0 Å². The minimum Gasteiger partial charge on any atom is -0.505 e. The Morgan fingerprint density at radius 1 is 1.05 bits per heavy atom. The van der Waals surface area contributed by atoms with Gasteiger partial charge in [0, 0.05) is 12.2 Å². The summed E-state index contributed by atoms with van der Waals surface area (Å²) in [4.78, 5) is 0. The second-order valence-electron chi connectivity index (χ2n) is 4.57. The molecule has 2 aromatic rings. The van der Waals surface area contributed by atoms with Gasteiger partial charge in [0.1, 0.15) is 0 Å². The van der Waals surface area contributed by atoms with Gasteiger partial charge in [-0.3, -0.25) is 0 Å². The number of halogens is 2. The molecule has 0 amide bonds. The lowest BCUT2D eigenvalue weighted by Crippen LogP contribution is -2.01. The SMILES string of the molecule is Cc1ccc(C)c(CNc2cc(Cl)c(O)c(Cl)c2)c1. The zero-order chi connectivity index (χ0) is 14.0. The maximum absolute atomic E-state index is 9.50. The lowest BCUT2D eigenvalue weighted by molar-refractivity contribution is 0.476. The Kier molecular flexibility index (Phi) is 4.23. The molecule has 2 rings (SSSR count). The average molecular weight is 296 g/mol. The van der Waals surface area contributed by atoms with Gasteiger partial charge in [-0.25, -0.2) is 0 Å². The number of hydrogen-bond donors (Lipinski definition) is 2. The van der Waals surface area contributed by atoms with Gasteiger partial charge in [0.05, 0.1) is 10.0 Å². The first-order valence-electron chi connectivity index (χ1n) is 5.95. The van der Waals surface area contributed by atoms with Crippen molar-refractivity contribution in [2.45, 2.75) is 20.4 Å². The van der Waals surface area contributed by atoms with E-state index in [1.165, 1.54) is 16.7 Å². The highest BCUT2D eigenvalue weighted by Gasteiger charge is 2.07. The van der Waals surface area contributed by atoms with Crippen molar-refractivity contribution in [3.05, 3.63) is 57.1 Å². The van der Waals surface area contributed by atoms with Crippen molar-refractivity contribution in [1.82, 2.24) is 0 Å².